The van der Waals surface area contributed by atoms with Gasteiger partial charge in [0.25, 0.3) is 0 Å². The van der Waals surface area contributed by atoms with Crippen molar-refractivity contribution in [3.05, 3.63) is 28.0 Å². The van der Waals surface area contributed by atoms with Gasteiger partial charge in [-0.15, -0.1) is 0 Å². The van der Waals surface area contributed by atoms with E-state index in [4.69, 9.17) is 22.1 Å². The van der Waals surface area contributed by atoms with E-state index in [9.17, 15) is 9.18 Å². The predicted molar refractivity (Wildman–Crippen MR) is 60.7 cm³/mol. The molecule has 0 bridgehead atoms. The lowest BCUT2D eigenvalue weighted by atomic mass is 10.0. The fraction of sp³-hybridized carbons (Fsp3) is 0.364. The van der Waals surface area contributed by atoms with Crippen molar-refractivity contribution >= 4 is 17.4 Å². The molecule has 0 aliphatic carbocycles. The summed E-state index contributed by atoms with van der Waals surface area (Å²) < 4.78 is 18.5. The summed E-state index contributed by atoms with van der Waals surface area (Å²) in [6.07, 6.45) is 0.178. The van der Waals surface area contributed by atoms with Crippen molar-refractivity contribution in [2.45, 2.75) is 13.3 Å². The Labute approximate surface area is 98.3 Å². The first-order valence-corrected chi connectivity index (χ1v) is 5.16. The van der Waals surface area contributed by atoms with Crippen LogP contribution in [0.4, 0.5) is 4.39 Å². The molecule has 0 spiro atoms. The first-order chi connectivity index (χ1) is 7.52. The summed E-state index contributed by atoms with van der Waals surface area (Å²) in [6, 6.07) is 1.28. The lowest BCUT2D eigenvalue weighted by molar-refractivity contribution is 0.0982. The van der Waals surface area contributed by atoms with Crippen LogP contribution < -0.4 is 10.5 Å². The summed E-state index contributed by atoms with van der Waals surface area (Å²) in [5, 5.41) is -0.0846. The molecule has 0 radical (unpaired) electrons. The maximum atomic E-state index is 13.5. The zero-order valence-electron chi connectivity index (χ0n) is 9.14. The van der Waals surface area contributed by atoms with E-state index in [1.165, 1.54) is 20.1 Å². The summed E-state index contributed by atoms with van der Waals surface area (Å²) in [5.74, 6) is -0.549. The Bertz CT molecular complexity index is 421. The van der Waals surface area contributed by atoms with Crippen molar-refractivity contribution in [3.63, 3.8) is 0 Å². The van der Waals surface area contributed by atoms with Crippen LogP contribution in [0.2, 0.25) is 5.02 Å². The third kappa shape index (κ3) is 2.33. The molecule has 0 aliphatic rings. The highest BCUT2D eigenvalue weighted by Crippen LogP contribution is 2.31. The fourth-order valence-corrected chi connectivity index (χ4v) is 1.72. The smallest absolute Gasteiger partial charge is 0.167 e. The summed E-state index contributed by atoms with van der Waals surface area (Å²) in [6.45, 7) is 1.75. The number of methoxy groups -OCH3 is 1. The van der Waals surface area contributed by atoms with Gasteiger partial charge >= 0.3 is 0 Å². The average Bonchev–Trinajstić information content (AvgIpc) is 2.26. The van der Waals surface area contributed by atoms with Gasteiger partial charge in [0.05, 0.1) is 17.7 Å². The van der Waals surface area contributed by atoms with Crippen LogP contribution in [0.15, 0.2) is 6.07 Å². The number of benzene rings is 1. The van der Waals surface area contributed by atoms with Crippen LogP contribution in [0.1, 0.15) is 22.3 Å². The van der Waals surface area contributed by atoms with E-state index in [0.717, 1.165) is 0 Å². The molecule has 88 valence electrons. The van der Waals surface area contributed by atoms with E-state index >= 15 is 0 Å². The SMILES string of the molecule is COc1c(C(=O)CCN)cc(Cl)c(F)c1C. The maximum Gasteiger partial charge on any atom is 0.167 e. The van der Waals surface area contributed by atoms with E-state index in [2.05, 4.69) is 0 Å². The predicted octanol–water partition coefficient (Wildman–Crippen LogP) is 2.33. The second-order valence-electron chi connectivity index (χ2n) is 3.34. The number of hydrogen-bond acceptors (Lipinski definition) is 3. The highest BCUT2D eigenvalue weighted by molar-refractivity contribution is 6.31. The van der Waals surface area contributed by atoms with Crippen LogP contribution in [0.3, 0.4) is 0 Å². The van der Waals surface area contributed by atoms with Crippen molar-refractivity contribution in [2.75, 3.05) is 13.7 Å². The largest absolute Gasteiger partial charge is 0.496 e. The second-order valence-corrected chi connectivity index (χ2v) is 3.75. The monoisotopic (exact) mass is 245 g/mol. The molecule has 0 unspecified atom stereocenters. The van der Waals surface area contributed by atoms with E-state index in [-0.39, 0.29) is 40.6 Å². The van der Waals surface area contributed by atoms with Crippen molar-refractivity contribution in [3.8, 4) is 5.75 Å². The summed E-state index contributed by atoms with van der Waals surface area (Å²) in [5.41, 5.74) is 5.80. The Morgan fingerprint density at radius 2 is 2.25 bits per heavy atom. The Balaban J connectivity index is 3.33. The molecule has 0 saturated carbocycles. The van der Waals surface area contributed by atoms with E-state index in [1.807, 2.05) is 0 Å². The van der Waals surface area contributed by atoms with Crippen LogP contribution in [0.5, 0.6) is 5.75 Å². The topological polar surface area (TPSA) is 52.3 Å². The standard InChI is InChI=1S/C11H13ClFNO2/c1-6-10(13)8(12)5-7(11(6)16-2)9(15)3-4-14/h5H,3-4,14H2,1-2H3. The minimum atomic E-state index is -0.567. The Kier molecular flexibility index (Phi) is 4.26. The molecule has 0 aromatic heterocycles. The summed E-state index contributed by atoms with van der Waals surface area (Å²) in [4.78, 5) is 11.7. The van der Waals surface area contributed by atoms with Crippen molar-refractivity contribution < 1.29 is 13.9 Å². The summed E-state index contributed by atoms with van der Waals surface area (Å²) in [7, 11) is 1.38. The maximum absolute atomic E-state index is 13.5. The van der Waals surface area contributed by atoms with Gasteiger partial charge in [-0.05, 0) is 19.5 Å². The number of nitrogens with two attached hydrogens (primary N) is 1. The average molecular weight is 246 g/mol. The van der Waals surface area contributed by atoms with Gasteiger partial charge in [0, 0.05) is 12.0 Å². The normalized spacial score (nSPS) is 10.3. The van der Waals surface area contributed by atoms with E-state index in [0.29, 0.717) is 0 Å². The first-order valence-electron chi connectivity index (χ1n) is 4.78. The van der Waals surface area contributed by atoms with Gasteiger partial charge in [-0.1, -0.05) is 11.6 Å². The Morgan fingerprint density at radius 3 is 2.75 bits per heavy atom. The molecule has 0 aliphatic heterocycles. The zero-order chi connectivity index (χ0) is 12.3. The minimum Gasteiger partial charge on any atom is -0.496 e. The quantitative estimate of drug-likeness (QED) is 0.829. The molecule has 3 nitrogen and oxygen atoms in total. The van der Waals surface area contributed by atoms with Gasteiger partial charge in [-0.3, -0.25) is 4.79 Å². The fourth-order valence-electron chi connectivity index (χ4n) is 1.47. The number of Topliss-reactive ketones (excluding diaryl/α,β-unsaturated/α-hetero) is 1. The molecule has 0 atom stereocenters. The number of rotatable bonds is 4. The molecule has 0 saturated heterocycles. The molecule has 0 heterocycles. The van der Waals surface area contributed by atoms with Crippen LogP contribution in [0.25, 0.3) is 0 Å². The molecular weight excluding hydrogens is 233 g/mol. The molecular formula is C11H13ClFNO2. The van der Waals surface area contributed by atoms with Crippen molar-refractivity contribution in [1.29, 1.82) is 0 Å². The van der Waals surface area contributed by atoms with Gasteiger partial charge in [0.2, 0.25) is 0 Å². The lowest BCUT2D eigenvalue weighted by Gasteiger charge is -2.12. The van der Waals surface area contributed by atoms with Gasteiger partial charge < -0.3 is 10.5 Å². The first kappa shape index (κ1) is 12.9. The minimum absolute atomic E-state index is 0.0846. The molecule has 0 fully saturated rings. The number of ether oxygens (including phenoxy) is 1. The molecule has 1 aromatic carbocycles. The molecule has 1 rings (SSSR count). The van der Waals surface area contributed by atoms with Crippen molar-refractivity contribution in [1.82, 2.24) is 0 Å². The van der Waals surface area contributed by atoms with Gasteiger partial charge in [-0.2, -0.15) is 0 Å². The number of hydrogen-bond donors (Lipinski definition) is 1. The second kappa shape index (κ2) is 5.27. The highest BCUT2D eigenvalue weighted by Gasteiger charge is 2.19. The number of halogens is 2. The molecule has 1 aromatic rings. The van der Waals surface area contributed by atoms with Crippen LogP contribution in [-0.4, -0.2) is 19.4 Å². The van der Waals surface area contributed by atoms with Crippen LogP contribution in [-0.2, 0) is 0 Å². The molecule has 2 N–H and O–H groups in total. The third-order valence-electron chi connectivity index (χ3n) is 2.27. The highest BCUT2D eigenvalue weighted by atomic mass is 35.5. The summed E-state index contributed by atoms with van der Waals surface area (Å²) >= 11 is 5.68. The van der Waals surface area contributed by atoms with E-state index < -0.39 is 5.82 Å². The van der Waals surface area contributed by atoms with E-state index in [1.54, 1.807) is 0 Å². The Hall–Kier alpha value is -1.13. The number of carbonyl (C=O) groups is 1. The Morgan fingerprint density at radius 1 is 1.62 bits per heavy atom. The van der Waals surface area contributed by atoms with Gasteiger partial charge in [0.1, 0.15) is 11.6 Å². The van der Waals surface area contributed by atoms with Crippen molar-refractivity contribution in [2.24, 2.45) is 5.73 Å². The van der Waals surface area contributed by atoms with Crippen LogP contribution >= 0.6 is 11.6 Å². The van der Waals surface area contributed by atoms with Gasteiger partial charge in [0.15, 0.2) is 5.78 Å². The molecule has 0 amide bonds. The third-order valence-corrected chi connectivity index (χ3v) is 2.55. The number of ketones is 1. The molecule has 16 heavy (non-hydrogen) atoms. The lowest BCUT2D eigenvalue weighted by Crippen LogP contribution is -2.10. The van der Waals surface area contributed by atoms with Crippen LogP contribution in [0, 0.1) is 12.7 Å². The molecule has 5 heteroatoms. The van der Waals surface area contributed by atoms with Gasteiger partial charge in [-0.25, -0.2) is 4.39 Å². The zero-order valence-corrected chi connectivity index (χ0v) is 9.90. The number of carbonyl (C=O) groups excluding carboxylic acids is 1.